The van der Waals surface area contributed by atoms with Crippen molar-refractivity contribution >= 4 is 34.8 Å². The van der Waals surface area contributed by atoms with Gasteiger partial charge in [-0.25, -0.2) is 0 Å². The molecule has 0 saturated heterocycles. The average Bonchev–Trinajstić information content (AvgIpc) is 3.34. The number of nitrogens with zero attached hydrogens (tertiary/aromatic N) is 1. The molecule has 2 amide bonds. The fourth-order valence-electron chi connectivity index (χ4n) is 3.84. The second kappa shape index (κ2) is 10.4. The molecule has 3 aromatic carbocycles. The minimum atomic E-state index is -0.580. The highest BCUT2D eigenvalue weighted by atomic mass is 35.5. The van der Waals surface area contributed by atoms with E-state index < -0.39 is 10.8 Å². The van der Waals surface area contributed by atoms with Gasteiger partial charge in [-0.15, -0.1) is 0 Å². The van der Waals surface area contributed by atoms with Crippen LogP contribution >= 0.6 is 11.6 Å². The molecule has 174 valence electrons. The Balaban J connectivity index is 1.45. The predicted octanol–water partition coefficient (Wildman–Crippen LogP) is 5.97. The second-order valence-corrected chi connectivity index (χ2v) is 8.39. The van der Waals surface area contributed by atoms with Crippen LogP contribution in [0.15, 0.2) is 66.7 Å². The number of anilines is 1. The Morgan fingerprint density at radius 1 is 0.971 bits per heavy atom. The Kier molecular flexibility index (Phi) is 7.08. The molecular weight excluding hydrogens is 458 g/mol. The number of carbonyl (C=O) groups excluding carboxylic acids is 2. The molecule has 0 bridgehead atoms. The number of amides is 2. The minimum Gasteiger partial charge on any atom is -0.450 e. The smallest absolute Gasteiger partial charge is 0.313 e. The monoisotopic (exact) mass is 479 g/mol. The maximum Gasteiger partial charge on any atom is 0.313 e. The lowest BCUT2D eigenvalue weighted by atomic mass is 10.1. The van der Waals surface area contributed by atoms with E-state index in [2.05, 4.69) is 10.6 Å². The van der Waals surface area contributed by atoms with Gasteiger partial charge in [-0.05, 0) is 61.4 Å². The number of nitrogens with one attached hydrogen (secondary N) is 2. The summed E-state index contributed by atoms with van der Waals surface area (Å²) < 4.78 is 5.61. The summed E-state index contributed by atoms with van der Waals surface area (Å²) in [5.41, 5.74) is 0.892. The lowest BCUT2D eigenvalue weighted by molar-refractivity contribution is -0.385. The molecule has 0 aromatic heterocycles. The molecule has 0 aliphatic heterocycles. The molecule has 1 saturated carbocycles. The van der Waals surface area contributed by atoms with Gasteiger partial charge in [0.1, 0.15) is 5.75 Å². The van der Waals surface area contributed by atoms with Gasteiger partial charge in [0.25, 0.3) is 11.8 Å². The first-order valence-electron chi connectivity index (χ1n) is 10.8. The van der Waals surface area contributed by atoms with E-state index in [4.69, 9.17) is 16.3 Å². The van der Waals surface area contributed by atoms with Crippen LogP contribution in [0.4, 0.5) is 11.4 Å². The quantitative estimate of drug-likeness (QED) is 0.320. The summed E-state index contributed by atoms with van der Waals surface area (Å²) in [6, 6.07) is 17.3. The largest absolute Gasteiger partial charge is 0.450 e. The number of ether oxygens (including phenoxy) is 1. The molecular formula is C25H22ClN3O5. The third-order valence-electron chi connectivity index (χ3n) is 5.57. The van der Waals surface area contributed by atoms with Crippen LogP contribution in [0.2, 0.25) is 5.02 Å². The summed E-state index contributed by atoms with van der Waals surface area (Å²) in [6.45, 7) is 0. The van der Waals surface area contributed by atoms with Crippen LogP contribution in [0.25, 0.3) is 0 Å². The minimum absolute atomic E-state index is 0.0359. The standard InChI is InChI=1S/C25H22ClN3O5/c26-17-11-14-23(22(15-17)29(32)33)34-19-12-9-16(10-13-19)24(30)28-21-8-4-3-7-20(21)25(31)27-18-5-1-2-6-18/h3-4,7-15,18H,1-2,5-6H2,(H,27,31)(H,28,30). The summed E-state index contributed by atoms with van der Waals surface area (Å²) in [5, 5.41) is 17.3. The van der Waals surface area contributed by atoms with Crippen LogP contribution in [0, 0.1) is 10.1 Å². The fourth-order valence-corrected chi connectivity index (χ4v) is 4.01. The summed E-state index contributed by atoms with van der Waals surface area (Å²) in [6.07, 6.45) is 4.14. The van der Waals surface area contributed by atoms with E-state index in [0.717, 1.165) is 25.7 Å². The number of rotatable bonds is 7. The number of para-hydroxylation sites is 1. The Morgan fingerprint density at radius 3 is 2.38 bits per heavy atom. The second-order valence-electron chi connectivity index (χ2n) is 7.95. The molecule has 1 fully saturated rings. The first-order valence-corrected chi connectivity index (χ1v) is 11.2. The van der Waals surface area contributed by atoms with Crippen molar-refractivity contribution in [3.05, 3.63) is 93.0 Å². The third kappa shape index (κ3) is 5.52. The summed E-state index contributed by atoms with van der Waals surface area (Å²) in [7, 11) is 0. The van der Waals surface area contributed by atoms with Crippen LogP contribution in [-0.4, -0.2) is 22.8 Å². The number of nitro benzene ring substituents is 1. The zero-order valence-corrected chi connectivity index (χ0v) is 18.9. The fraction of sp³-hybridized carbons (Fsp3) is 0.200. The van der Waals surface area contributed by atoms with Crippen molar-refractivity contribution in [1.29, 1.82) is 0 Å². The van der Waals surface area contributed by atoms with E-state index in [9.17, 15) is 19.7 Å². The SMILES string of the molecule is O=C(Nc1ccccc1C(=O)NC1CCCC1)c1ccc(Oc2ccc(Cl)cc2[N+](=O)[O-])cc1. The van der Waals surface area contributed by atoms with E-state index in [-0.39, 0.29) is 28.4 Å². The van der Waals surface area contributed by atoms with Gasteiger partial charge in [-0.1, -0.05) is 36.6 Å². The van der Waals surface area contributed by atoms with E-state index in [1.54, 1.807) is 24.3 Å². The Labute approximate surface area is 201 Å². The normalized spacial score (nSPS) is 13.3. The van der Waals surface area contributed by atoms with E-state index in [1.807, 2.05) is 0 Å². The first kappa shape index (κ1) is 23.3. The van der Waals surface area contributed by atoms with Gasteiger partial charge in [0.15, 0.2) is 0 Å². The average molecular weight is 480 g/mol. The van der Waals surface area contributed by atoms with Crippen molar-refractivity contribution in [2.45, 2.75) is 31.7 Å². The van der Waals surface area contributed by atoms with Gasteiger partial charge in [-0.2, -0.15) is 0 Å². The maximum atomic E-state index is 12.8. The van der Waals surface area contributed by atoms with Gasteiger partial charge in [0.05, 0.1) is 16.2 Å². The number of nitro groups is 1. The number of benzene rings is 3. The number of carbonyl (C=O) groups is 2. The predicted molar refractivity (Wildman–Crippen MR) is 129 cm³/mol. The Hall–Kier alpha value is -3.91. The van der Waals surface area contributed by atoms with Crippen LogP contribution < -0.4 is 15.4 Å². The van der Waals surface area contributed by atoms with Crippen LogP contribution in [0.3, 0.4) is 0 Å². The molecule has 9 heteroatoms. The van der Waals surface area contributed by atoms with Crippen molar-refractivity contribution in [3.63, 3.8) is 0 Å². The van der Waals surface area contributed by atoms with Gasteiger partial charge >= 0.3 is 5.69 Å². The van der Waals surface area contributed by atoms with Crippen molar-refractivity contribution < 1.29 is 19.2 Å². The highest BCUT2D eigenvalue weighted by molar-refractivity contribution is 6.30. The molecule has 0 atom stereocenters. The van der Waals surface area contributed by atoms with Crippen LogP contribution in [-0.2, 0) is 0 Å². The number of hydrogen-bond donors (Lipinski definition) is 2. The molecule has 0 unspecified atom stereocenters. The molecule has 0 spiro atoms. The van der Waals surface area contributed by atoms with E-state index in [1.165, 1.54) is 42.5 Å². The number of hydrogen-bond acceptors (Lipinski definition) is 5. The molecule has 2 N–H and O–H groups in total. The van der Waals surface area contributed by atoms with Crippen LogP contribution in [0.5, 0.6) is 11.5 Å². The van der Waals surface area contributed by atoms with Crippen molar-refractivity contribution in [1.82, 2.24) is 5.32 Å². The zero-order valence-electron chi connectivity index (χ0n) is 18.1. The molecule has 0 radical (unpaired) electrons. The van der Waals surface area contributed by atoms with Crippen molar-refractivity contribution in [2.75, 3.05) is 5.32 Å². The van der Waals surface area contributed by atoms with Crippen molar-refractivity contribution in [2.24, 2.45) is 0 Å². The molecule has 1 aliphatic rings. The van der Waals surface area contributed by atoms with Gasteiger partial charge in [0.2, 0.25) is 5.75 Å². The van der Waals surface area contributed by atoms with Crippen molar-refractivity contribution in [3.8, 4) is 11.5 Å². The first-order chi connectivity index (χ1) is 16.4. The van der Waals surface area contributed by atoms with Gasteiger partial charge < -0.3 is 15.4 Å². The Morgan fingerprint density at radius 2 is 1.68 bits per heavy atom. The number of halogens is 1. The summed E-state index contributed by atoms with van der Waals surface area (Å²) in [5.74, 6) is -0.256. The molecule has 4 rings (SSSR count). The molecule has 1 aliphatic carbocycles. The maximum absolute atomic E-state index is 12.8. The van der Waals surface area contributed by atoms with E-state index in [0.29, 0.717) is 22.6 Å². The zero-order chi connectivity index (χ0) is 24.1. The highest BCUT2D eigenvalue weighted by Gasteiger charge is 2.21. The molecule has 34 heavy (non-hydrogen) atoms. The van der Waals surface area contributed by atoms with Gasteiger partial charge in [-0.3, -0.25) is 19.7 Å². The molecule has 3 aromatic rings. The highest BCUT2D eigenvalue weighted by Crippen LogP contribution is 2.33. The summed E-state index contributed by atoms with van der Waals surface area (Å²) >= 11 is 5.83. The molecule has 8 nitrogen and oxygen atoms in total. The van der Waals surface area contributed by atoms with Crippen LogP contribution in [0.1, 0.15) is 46.4 Å². The Bertz CT molecular complexity index is 1220. The third-order valence-corrected chi connectivity index (χ3v) is 5.81. The topological polar surface area (TPSA) is 111 Å². The summed E-state index contributed by atoms with van der Waals surface area (Å²) in [4.78, 5) is 36.2. The van der Waals surface area contributed by atoms with E-state index >= 15 is 0 Å². The lowest BCUT2D eigenvalue weighted by Crippen LogP contribution is -2.33. The molecule has 0 heterocycles. The van der Waals surface area contributed by atoms with Gasteiger partial charge in [0, 0.05) is 22.7 Å². The lowest BCUT2D eigenvalue weighted by Gasteiger charge is -2.15.